The van der Waals surface area contributed by atoms with Crippen LogP contribution in [0.1, 0.15) is 77.6 Å². The first kappa shape index (κ1) is 35.4. The third kappa shape index (κ3) is 10.0. The third-order valence-corrected chi connectivity index (χ3v) is 8.44. The lowest BCUT2D eigenvalue weighted by molar-refractivity contribution is -0.142. The van der Waals surface area contributed by atoms with Gasteiger partial charge in [0.1, 0.15) is 34.5 Å². The van der Waals surface area contributed by atoms with Gasteiger partial charge in [-0.15, -0.1) is 0 Å². The molecular formula is C37H44N2O7S. The topological polar surface area (TPSA) is 116 Å². The van der Waals surface area contributed by atoms with Gasteiger partial charge in [0.2, 0.25) is 0 Å². The van der Waals surface area contributed by atoms with Crippen LogP contribution >= 0.6 is 0 Å². The minimum absolute atomic E-state index is 0.0453. The number of hydrogen-bond acceptors (Lipinski definition) is 7. The molecule has 0 saturated carbocycles. The van der Waals surface area contributed by atoms with Crippen molar-refractivity contribution in [1.82, 2.24) is 5.32 Å². The van der Waals surface area contributed by atoms with E-state index in [1.807, 2.05) is 109 Å². The summed E-state index contributed by atoms with van der Waals surface area (Å²) >= 11 is 0. The first-order valence-corrected chi connectivity index (χ1v) is 16.7. The van der Waals surface area contributed by atoms with E-state index in [1.54, 1.807) is 13.2 Å². The van der Waals surface area contributed by atoms with Crippen molar-refractivity contribution in [2.24, 2.45) is 4.40 Å². The summed E-state index contributed by atoms with van der Waals surface area (Å²) in [5.74, 6) is 0.156. The number of benzene rings is 3. The smallest absolute Gasteiger partial charge is 0.407 e. The van der Waals surface area contributed by atoms with Gasteiger partial charge in [0, 0.05) is 28.6 Å². The average Bonchev–Trinajstić information content (AvgIpc) is 3.47. The van der Waals surface area contributed by atoms with Gasteiger partial charge in [-0.2, -0.15) is 4.40 Å². The van der Waals surface area contributed by atoms with Gasteiger partial charge in [-0.1, -0.05) is 30.3 Å². The van der Waals surface area contributed by atoms with E-state index in [0.717, 1.165) is 38.8 Å². The number of furan rings is 1. The Labute approximate surface area is 279 Å². The Morgan fingerprint density at radius 1 is 0.957 bits per heavy atom. The summed E-state index contributed by atoms with van der Waals surface area (Å²) in [6.45, 7) is 15.5. The van der Waals surface area contributed by atoms with Crippen molar-refractivity contribution in [1.29, 1.82) is 0 Å². The van der Waals surface area contributed by atoms with E-state index in [4.69, 9.17) is 18.6 Å². The van der Waals surface area contributed by atoms with E-state index in [2.05, 4.69) is 9.71 Å². The van der Waals surface area contributed by atoms with Crippen LogP contribution in [0.25, 0.3) is 22.1 Å². The predicted molar refractivity (Wildman–Crippen MR) is 186 cm³/mol. The van der Waals surface area contributed by atoms with Crippen molar-refractivity contribution in [3.05, 3.63) is 89.2 Å². The van der Waals surface area contributed by atoms with E-state index < -0.39 is 27.4 Å². The zero-order valence-electron chi connectivity index (χ0n) is 28.4. The molecule has 4 rings (SSSR count). The van der Waals surface area contributed by atoms with Crippen molar-refractivity contribution < 1.29 is 32.4 Å². The van der Waals surface area contributed by atoms with Gasteiger partial charge >= 0.3 is 12.1 Å². The number of esters is 1. The zero-order chi connectivity index (χ0) is 34.4. The normalized spacial score (nSPS) is 12.9. The van der Waals surface area contributed by atoms with Gasteiger partial charge in [-0.05, 0) is 102 Å². The highest BCUT2D eigenvalue weighted by atomic mass is 32.2. The maximum absolute atomic E-state index is 12.7. The molecule has 1 atom stereocenters. The van der Waals surface area contributed by atoms with Crippen molar-refractivity contribution in [2.75, 3.05) is 6.61 Å². The van der Waals surface area contributed by atoms with Crippen LogP contribution < -0.4 is 10.1 Å². The SMILES string of the molecule is CCOC(=O)Cc1ccc(C(C)=N[S@@](=O)C(C)(C)C)cc1OCc1cc(-c2cccc(CNC(=O)OC(C)(C)C)c2)c2occc2c1. The molecule has 3 aromatic carbocycles. The molecule has 0 aliphatic carbocycles. The molecule has 10 heteroatoms. The summed E-state index contributed by atoms with van der Waals surface area (Å²) < 4.78 is 39.4. The largest absolute Gasteiger partial charge is 0.489 e. The van der Waals surface area contributed by atoms with Gasteiger partial charge in [0.05, 0.1) is 29.7 Å². The molecule has 1 aromatic heterocycles. The lowest BCUT2D eigenvalue weighted by Crippen LogP contribution is -2.32. The van der Waals surface area contributed by atoms with Gasteiger partial charge in [0.15, 0.2) is 0 Å². The molecule has 0 aliphatic heterocycles. The number of hydrogen-bond donors (Lipinski definition) is 1. The Kier molecular flexibility index (Phi) is 11.3. The van der Waals surface area contributed by atoms with E-state index in [0.29, 0.717) is 23.6 Å². The first-order chi connectivity index (χ1) is 22.1. The molecule has 4 aromatic rings. The van der Waals surface area contributed by atoms with E-state index in [-0.39, 0.29) is 25.6 Å². The quantitative estimate of drug-likeness (QED) is 0.128. The molecule has 1 N–H and O–H groups in total. The highest BCUT2D eigenvalue weighted by Gasteiger charge is 2.20. The van der Waals surface area contributed by atoms with Gasteiger partial charge in [0.25, 0.3) is 0 Å². The molecule has 0 unspecified atom stereocenters. The van der Waals surface area contributed by atoms with E-state index >= 15 is 0 Å². The third-order valence-electron chi connectivity index (χ3n) is 6.95. The van der Waals surface area contributed by atoms with Gasteiger partial charge in [-0.25, -0.2) is 9.00 Å². The van der Waals surface area contributed by atoms with Crippen LogP contribution in [0.3, 0.4) is 0 Å². The van der Waals surface area contributed by atoms with Crippen LogP contribution in [0.4, 0.5) is 4.79 Å². The van der Waals surface area contributed by atoms with Crippen molar-refractivity contribution in [2.45, 2.75) is 85.3 Å². The highest BCUT2D eigenvalue weighted by molar-refractivity contribution is 7.85. The second-order valence-corrected chi connectivity index (χ2v) is 15.1. The number of rotatable bonds is 11. The Morgan fingerprint density at radius 2 is 1.72 bits per heavy atom. The second-order valence-electron chi connectivity index (χ2n) is 13.2. The summed E-state index contributed by atoms with van der Waals surface area (Å²) in [5, 5.41) is 3.72. The average molecular weight is 661 g/mol. The Morgan fingerprint density at radius 3 is 2.43 bits per heavy atom. The van der Waals surface area contributed by atoms with Crippen LogP contribution in [0.15, 0.2) is 75.7 Å². The van der Waals surface area contributed by atoms with Crippen LogP contribution in [0.2, 0.25) is 0 Å². The summed E-state index contributed by atoms with van der Waals surface area (Å²) in [6.07, 6.45) is 1.21. The number of fused-ring (bicyclic) bond motifs is 1. The predicted octanol–water partition coefficient (Wildman–Crippen LogP) is 8.08. The molecule has 0 spiro atoms. The second kappa shape index (κ2) is 15.0. The number of ether oxygens (including phenoxy) is 3. The molecule has 1 heterocycles. The van der Waals surface area contributed by atoms with Crippen LogP contribution in [0.5, 0.6) is 5.75 Å². The summed E-state index contributed by atoms with van der Waals surface area (Å²) in [7, 11) is -1.43. The van der Waals surface area contributed by atoms with Crippen LogP contribution in [0, 0.1) is 0 Å². The molecule has 0 fully saturated rings. The number of carbonyl (C=O) groups is 2. The molecule has 47 heavy (non-hydrogen) atoms. The Balaban J connectivity index is 1.62. The first-order valence-electron chi connectivity index (χ1n) is 15.6. The molecule has 0 aliphatic rings. The number of carbonyl (C=O) groups excluding carboxylic acids is 2. The minimum Gasteiger partial charge on any atom is -0.489 e. The summed E-state index contributed by atoms with van der Waals surface area (Å²) in [5.41, 5.74) is 5.75. The Bertz CT molecular complexity index is 1790. The maximum atomic E-state index is 12.7. The van der Waals surface area contributed by atoms with E-state index in [9.17, 15) is 13.8 Å². The highest BCUT2D eigenvalue weighted by Crippen LogP contribution is 2.33. The molecular weight excluding hydrogens is 616 g/mol. The molecule has 0 bridgehead atoms. The lowest BCUT2D eigenvalue weighted by Gasteiger charge is -2.19. The van der Waals surface area contributed by atoms with Gasteiger partial charge in [-0.3, -0.25) is 4.79 Å². The molecule has 250 valence electrons. The summed E-state index contributed by atoms with van der Waals surface area (Å²) in [4.78, 5) is 24.6. The summed E-state index contributed by atoms with van der Waals surface area (Å²) in [6, 6.07) is 19.3. The monoisotopic (exact) mass is 660 g/mol. The van der Waals surface area contributed by atoms with Crippen molar-refractivity contribution in [3.8, 4) is 16.9 Å². The maximum Gasteiger partial charge on any atom is 0.407 e. The lowest BCUT2D eigenvalue weighted by atomic mass is 9.99. The Hall–Kier alpha value is -4.44. The molecule has 9 nitrogen and oxygen atoms in total. The zero-order valence-corrected chi connectivity index (χ0v) is 29.2. The number of alkyl carbamates (subject to hydrolysis) is 1. The fraction of sp³-hybridized carbons (Fsp3) is 0.378. The number of nitrogens with zero attached hydrogens (tertiary/aromatic N) is 1. The fourth-order valence-electron chi connectivity index (χ4n) is 4.68. The number of amides is 1. The fourth-order valence-corrected chi connectivity index (χ4v) is 5.31. The van der Waals surface area contributed by atoms with Crippen LogP contribution in [-0.2, 0) is 44.8 Å². The molecule has 0 radical (unpaired) electrons. The van der Waals surface area contributed by atoms with Crippen molar-refractivity contribution in [3.63, 3.8) is 0 Å². The molecule has 1 amide bonds. The van der Waals surface area contributed by atoms with E-state index in [1.165, 1.54) is 0 Å². The van der Waals surface area contributed by atoms with Gasteiger partial charge < -0.3 is 23.9 Å². The van der Waals surface area contributed by atoms with Crippen molar-refractivity contribution >= 4 is 39.7 Å². The number of nitrogens with one attached hydrogen (secondary N) is 1. The minimum atomic E-state index is -1.43. The molecule has 0 saturated heterocycles. The standard InChI is InChI=1S/C37H44N2O7S/c1-9-43-33(40)21-29-14-13-27(24(2)39-47(42)37(6,7)8)20-32(29)45-23-26-18-30-15-16-44-34(30)31(19-26)28-12-10-11-25(17-28)22-38-35(41)46-36(3,4)5/h10-20H,9,21-23H2,1-8H3,(H,38,41)/t47-/m0/s1. The van der Waals surface area contributed by atoms with Crippen LogP contribution in [-0.4, -0.2) is 38.9 Å².